The van der Waals surface area contributed by atoms with Crippen molar-refractivity contribution in [2.75, 3.05) is 0 Å². The number of hydrogen-bond acceptors (Lipinski definition) is 2. The lowest BCUT2D eigenvalue weighted by atomic mass is 9.82. The van der Waals surface area contributed by atoms with Gasteiger partial charge in [-0.3, -0.25) is 0 Å². The molecule has 2 rings (SSSR count). The van der Waals surface area contributed by atoms with Gasteiger partial charge in [-0.2, -0.15) is 0 Å². The number of hydrogen-bond donors (Lipinski definition) is 1. The summed E-state index contributed by atoms with van der Waals surface area (Å²) in [5, 5.41) is 3.63. The summed E-state index contributed by atoms with van der Waals surface area (Å²) in [7, 11) is 0. The van der Waals surface area contributed by atoms with Gasteiger partial charge in [0, 0.05) is 23.2 Å². The molecule has 0 atom stereocenters. The van der Waals surface area contributed by atoms with Gasteiger partial charge in [0.05, 0.1) is 0 Å². The smallest absolute Gasteiger partial charge is 0.129 e. The predicted octanol–water partition coefficient (Wildman–Crippen LogP) is 6.13. The second-order valence-electron chi connectivity index (χ2n) is 8.46. The fourth-order valence-corrected chi connectivity index (χ4v) is 3.28. The molecular weight excluding hydrogens is 349 g/mol. The van der Waals surface area contributed by atoms with E-state index in [9.17, 15) is 4.39 Å². The number of ether oxygens (including phenoxy) is 1. The maximum atomic E-state index is 13.8. The molecule has 0 heterocycles. The highest BCUT2D eigenvalue weighted by molar-refractivity contribution is 5.85. The first kappa shape index (κ1) is 22.5. The fourth-order valence-electron chi connectivity index (χ4n) is 3.28. The monoisotopic (exact) mass is 379 g/mol. The summed E-state index contributed by atoms with van der Waals surface area (Å²) in [5.41, 5.74) is 1.94. The first-order chi connectivity index (χ1) is 11.7. The van der Waals surface area contributed by atoms with E-state index in [0.29, 0.717) is 5.56 Å². The third kappa shape index (κ3) is 7.35. The minimum atomic E-state index is -0.232. The van der Waals surface area contributed by atoms with E-state index in [1.54, 1.807) is 12.1 Å². The van der Waals surface area contributed by atoms with Gasteiger partial charge in [-0.05, 0) is 37.8 Å². The summed E-state index contributed by atoms with van der Waals surface area (Å²) in [5.74, 6) is 0.564. The van der Waals surface area contributed by atoms with Crippen LogP contribution >= 0.6 is 12.4 Å². The Morgan fingerprint density at radius 2 is 1.46 bits per heavy atom. The number of benzene rings is 2. The molecule has 2 nitrogen and oxygen atoms in total. The molecule has 0 unspecified atom stereocenters. The molecule has 0 fully saturated rings. The summed E-state index contributed by atoms with van der Waals surface area (Å²) in [4.78, 5) is 0. The summed E-state index contributed by atoms with van der Waals surface area (Å²) >= 11 is 0. The maximum Gasteiger partial charge on any atom is 0.129 e. The number of rotatable bonds is 7. The maximum absolute atomic E-state index is 13.8. The molecule has 26 heavy (non-hydrogen) atoms. The Bertz CT molecular complexity index is 695. The Balaban J connectivity index is 0.00000338. The van der Waals surface area contributed by atoms with Crippen molar-refractivity contribution in [3.63, 3.8) is 0 Å². The lowest BCUT2D eigenvalue weighted by Crippen LogP contribution is -2.41. The first-order valence-corrected chi connectivity index (χ1v) is 8.85. The second kappa shape index (κ2) is 9.38. The van der Waals surface area contributed by atoms with Crippen molar-refractivity contribution in [1.82, 2.24) is 5.32 Å². The largest absolute Gasteiger partial charge is 0.488 e. The summed E-state index contributed by atoms with van der Waals surface area (Å²) in [6.07, 6.45) is 1.07. The van der Waals surface area contributed by atoms with Crippen LogP contribution in [0, 0.1) is 11.2 Å². The third-order valence-corrected chi connectivity index (χ3v) is 4.04. The van der Waals surface area contributed by atoms with Gasteiger partial charge in [-0.15, -0.1) is 12.4 Å². The van der Waals surface area contributed by atoms with Crippen molar-refractivity contribution >= 4 is 12.4 Å². The highest BCUT2D eigenvalue weighted by Crippen LogP contribution is 2.28. The minimum absolute atomic E-state index is 0. The molecule has 0 aromatic heterocycles. The van der Waals surface area contributed by atoms with E-state index < -0.39 is 0 Å². The van der Waals surface area contributed by atoms with Gasteiger partial charge >= 0.3 is 0 Å². The van der Waals surface area contributed by atoms with E-state index in [-0.39, 0.29) is 35.8 Å². The van der Waals surface area contributed by atoms with E-state index in [4.69, 9.17) is 4.74 Å². The molecule has 0 saturated carbocycles. The van der Waals surface area contributed by atoms with Crippen LogP contribution in [0.15, 0.2) is 48.5 Å². The lowest BCUT2D eigenvalue weighted by molar-refractivity contribution is 0.238. The molecule has 4 heteroatoms. The van der Waals surface area contributed by atoms with Crippen LogP contribution in [0.4, 0.5) is 4.39 Å². The van der Waals surface area contributed by atoms with Gasteiger partial charge in [0.25, 0.3) is 0 Å². The van der Waals surface area contributed by atoms with Gasteiger partial charge < -0.3 is 10.1 Å². The average molecular weight is 380 g/mol. The van der Waals surface area contributed by atoms with Gasteiger partial charge in [0.2, 0.25) is 0 Å². The molecule has 0 aliphatic carbocycles. The van der Waals surface area contributed by atoms with Crippen LogP contribution in [-0.2, 0) is 13.2 Å². The van der Waals surface area contributed by atoms with Crippen LogP contribution in [0.5, 0.6) is 5.75 Å². The molecule has 0 spiro atoms. The van der Waals surface area contributed by atoms with E-state index >= 15 is 0 Å². The molecule has 0 aliphatic heterocycles. The van der Waals surface area contributed by atoms with Crippen LogP contribution < -0.4 is 10.1 Å². The van der Waals surface area contributed by atoms with Crippen LogP contribution in [0.3, 0.4) is 0 Å². The third-order valence-electron chi connectivity index (χ3n) is 4.04. The molecule has 0 bridgehead atoms. The molecule has 0 aliphatic rings. The summed E-state index contributed by atoms with van der Waals surface area (Å²) < 4.78 is 19.7. The number of nitrogens with one attached hydrogen (secondary N) is 1. The van der Waals surface area contributed by atoms with E-state index in [0.717, 1.165) is 24.3 Å². The predicted molar refractivity (Wildman–Crippen MR) is 109 cm³/mol. The molecule has 2 aromatic carbocycles. The van der Waals surface area contributed by atoms with Gasteiger partial charge in [0.1, 0.15) is 18.2 Å². The summed E-state index contributed by atoms with van der Waals surface area (Å²) in [6.45, 7) is 12.2. The van der Waals surface area contributed by atoms with Crippen LogP contribution in [0.2, 0.25) is 0 Å². The van der Waals surface area contributed by atoms with Crippen molar-refractivity contribution in [2.45, 2.75) is 59.7 Å². The highest BCUT2D eigenvalue weighted by Gasteiger charge is 2.25. The molecule has 0 radical (unpaired) electrons. The zero-order valence-electron chi connectivity index (χ0n) is 16.4. The standard InChI is InChI=1S/C22H30FNO.ClH/c1-21(2,3)16-22(4,5)24-14-17-10-7-9-13-20(17)25-15-18-11-6-8-12-19(18)23;/h6-13,24H,14-16H2,1-5H3;1H. The van der Waals surface area contributed by atoms with E-state index in [2.05, 4.69) is 46.0 Å². The van der Waals surface area contributed by atoms with Crippen LogP contribution in [-0.4, -0.2) is 5.54 Å². The topological polar surface area (TPSA) is 21.3 Å². The number of halogens is 2. The zero-order chi connectivity index (χ0) is 18.5. The quantitative estimate of drug-likeness (QED) is 0.624. The first-order valence-electron chi connectivity index (χ1n) is 8.85. The van der Waals surface area contributed by atoms with Crippen molar-refractivity contribution in [2.24, 2.45) is 5.41 Å². The van der Waals surface area contributed by atoms with E-state index in [1.165, 1.54) is 6.07 Å². The average Bonchev–Trinajstić information content (AvgIpc) is 2.51. The molecule has 144 valence electrons. The van der Waals surface area contributed by atoms with Crippen LogP contribution in [0.25, 0.3) is 0 Å². The Morgan fingerprint density at radius 1 is 0.885 bits per heavy atom. The Kier molecular flexibility index (Phi) is 8.11. The minimum Gasteiger partial charge on any atom is -0.488 e. The molecule has 0 amide bonds. The van der Waals surface area contributed by atoms with Crippen molar-refractivity contribution in [1.29, 1.82) is 0 Å². The van der Waals surface area contributed by atoms with Crippen molar-refractivity contribution in [3.05, 3.63) is 65.5 Å². The highest BCUT2D eigenvalue weighted by atomic mass is 35.5. The molecule has 1 N–H and O–H groups in total. The molecule has 2 aromatic rings. The normalized spacial score (nSPS) is 11.8. The Morgan fingerprint density at radius 3 is 2.08 bits per heavy atom. The van der Waals surface area contributed by atoms with Gasteiger partial charge in [-0.25, -0.2) is 4.39 Å². The SMILES string of the molecule is CC(C)(C)CC(C)(C)NCc1ccccc1OCc1ccccc1F.Cl. The number of para-hydroxylation sites is 1. The Hall–Kier alpha value is -1.58. The van der Waals surface area contributed by atoms with E-state index in [1.807, 2.05) is 24.3 Å². The lowest BCUT2D eigenvalue weighted by Gasteiger charge is -2.33. The summed E-state index contributed by atoms with van der Waals surface area (Å²) in [6, 6.07) is 14.7. The second-order valence-corrected chi connectivity index (χ2v) is 8.46. The van der Waals surface area contributed by atoms with Crippen LogP contribution in [0.1, 0.15) is 52.2 Å². The van der Waals surface area contributed by atoms with Gasteiger partial charge in [-0.1, -0.05) is 57.2 Å². The zero-order valence-corrected chi connectivity index (χ0v) is 17.3. The van der Waals surface area contributed by atoms with Gasteiger partial charge in [0.15, 0.2) is 0 Å². The molecule has 0 saturated heterocycles. The van der Waals surface area contributed by atoms with Crippen molar-refractivity contribution < 1.29 is 9.13 Å². The fraction of sp³-hybridized carbons (Fsp3) is 0.455. The molecular formula is C22H31ClFNO. The van der Waals surface area contributed by atoms with Crippen molar-refractivity contribution in [3.8, 4) is 5.75 Å². The Labute approximate surface area is 163 Å².